The smallest absolute Gasteiger partial charge is 0.448 e. The van der Waals surface area contributed by atoms with E-state index < -0.39 is 13.4 Å². The van der Waals surface area contributed by atoms with Crippen LogP contribution in [-0.4, -0.2) is 30.9 Å². The summed E-state index contributed by atoms with van der Waals surface area (Å²) in [5, 5.41) is 0. The number of likely N-dealkylation sites (tertiary alicyclic amines) is 1. The van der Waals surface area contributed by atoms with Crippen LogP contribution in [0.3, 0.4) is 0 Å². The zero-order valence-electron chi connectivity index (χ0n) is 8.14. The molecule has 0 bridgehead atoms. The molecule has 1 saturated heterocycles. The van der Waals surface area contributed by atoms with Crippen LogP contribution in [0.4, 0.5) is 12.9 Å². The third kappa shape index (κ3) is 3.22. The van der Waals surface area contributed by atoms with Gasteiger partial charge in [-0.05, 0) is 38.7 Å². The van der Waals surface area contributed by atoms with Crippen LogP contribution in [0.2, 0.25) is 0 Å². The number of nitrogens with zero attached hydrogens (tertiary/aromatic N) is 1. The first-order chi connectivity index (χ1) is 5.90. The summed E-state index contributed by atoms with van der Waals surface area (Å²) in [6.45, 7) is -0.127. The minimum atomic E-state index is -4.65. The lowest BCUT2D eigenvalue weighted by molar-refractivity contribution is 0.123. The Morgan fingerprint density at radius 1 is 1.31 bits per heavy atom. The Bertz CT molecular complexity index is 171. The second-order valence-electron chi connectivity index (χ2n) is 4.07. The van der Waals surface area contributed by atoms with Gasteiger partial charge in [0.25, 0.3) is 0 Å². The highest BCUT2D eigenvalue weighted by Crippen LogP contribution is 2.24. The average Bonchev–Trinajstić information content (AvgIpc) is 1.96. The molecule has 1 heterocycles. The monoisotopic (exact) mass is 194 g/mol. The fourth-order valence-electron chi connectivity index (χ4n) is 1.94. The normalized spacial score (nSPS) is 32.1. The van der Waals surface area contributed by atoms with Crippen molar-refractivity contribution in [2.45, 2.75) is 32.7 Å². The number of piperidine rings is 1. The van der Waals surface area contributed by atoms with Crippen molar-refractivity contribution in [2.24, 2.45) is 5.92 Å². The first-order valence-electron chi connectivity index (χ1n) is 4.85. The number of hydrogen-bond acceptors (Lipinski definition) is 1. The molecule has 0 N–H and O–H groups in total. The molecule has 0 saturated carbocycles. The summed E-state index contributed by atoms with van der Waals surface area (Å²) >= 11 is 0. The van der Waals surface area contributed by atoms with E-state index in [2.05, 4.69) is 0 Å². The molecule has 13 heavy (non-hydrogen) atoms. The molecule has 0 spiro atoms. The predicted molar refractivity (Wildman–Crippen MR) is 48.5 cm³/mol. The topological polar surface area (TPSA) is 3.24 Å². The number of halogens is 3. The molecule has 0 aromatic carbocycles. The molecule has 0 aliphatic carbocycles. The molecule has 0 aromatic rings. The van der Waals surface area contributed by atoms with E-state index in [1.807, 2.05) is 13.8 Å². The molecular formula is C8H16BF3N-. The molecule has 78 valence electrons. The maximum Gasteiger partial charge on any atom is 0.492 e. The highest BCUT2D eigenvalue weighted by atomic mass is 19.4. The quantitative estimate of drug-likeness (QED) is 0.610. The van der Waals surface area contributed by atoms with Gasteiger partial charge < -0.3 is 17.8 Å². The molecule has 2 atom stereocenters. The minimum Gasteiger partial charge on any atom is -0.448 e. The van der Waals surface area contributed by atoms with E-state index >= 15 is 0 Å². The van der Waals surface area contributed by atoms with Crippen molar-refractivity contribution in [1.29, 1.82) is 0 Å². The Labute approximate surface area is 77.4 Å². The summed E-state index contributed by atoms with van der Waals surface area (Å²) in [6, 6.07) is 0.0808. The van der Waals surface area contributed by atoms with Crippen molar-refractivity contribution in [3.8, 4) is 0 Å². The molecule has 1 aliphatic rings. The van der Waals surface area contributed by atoms with Crippen LogP contribution in [-0.2, 0) is 0 Å². The molecular weight excluding hydrogens is 178 g/mol. The van der Waals surface area contributed by atoms with E-state index in [1.165, 1.54) is 0 Å². The van der Waals surface area contributed by atoms with Crippen molar-refractivity contribution < 1.29 is 12.9 Å². The molecule has 5 heteroatoms. The van der Waals surface area contributed by atoms with Crippen LogP contribution in [0.15, 0.2) is 0 Å². The standard InChI is InChI=1S/C8H16BF3N/c1-7-4-3-5-13(8(7)2)6-9(10,11)12/h7-8H,3-6H2,1-2H3/q-1. The van der Waals surface area contributed by atoms with Crippen molar-refractivity contribution in [3.63, 3.8) is 0 Å². The first kappa shape index (κ1) is 10.9. The van der Waals surface area contributed by atoms with Crippen LogP contribution in [0.1, 0.15) is 26.7 Å². The van der Waals surface area contributed by atoms with Gasteiger partial charge in [0.05, 0.1) is 0 Å². The highest BCUT2D eigenvalue weighted by molar-refractivity contribution is 6.58. The van der Waals surface area contributed by atoms with Crippen LogP contribution >= 0.6 is 0 Å². The van der Waals surface area contributed by atoms with Crippen molar-refractivity contribution in [1.82, 2.24) is 4.90 Å². The third-order valence-corrected chi connectivity index (χ3v) is 2.95. The fraction of sp³-hybridized carbons (Fsp3) is 1.00. The summed E-state index contributed by atoms with van der Waals surface area (Å²) in [5.41, 5.74) is 0. The lowest BCUT2D eigenvalue weighted by Crippen LogP contribution is -2.48. The second kappa shape index (κ2) is 3.90. The van der Waals surface area contributed by atoms with Gasteiger partial charge in [-0.3, -0.25) is 0 Å². The van der Waals surface area contributed by atoms with E-state index in [9.17, 15) is 12.9 Å². The van der Waals surface area contributed by atoms with E-state index in [1.54, 1.807) is 4.90 Å². The molecule has 0 aromatic heterocycles. The zero-order chi connectivity index (χ0) is 10.1. The Hall–Kier alpha value is -0.185. The predicted octanol–water partition coefficient (Wildman–Crippen LogP) is 2.49. The van der Waals surface area contributed by atoms with Gasteiger partial charge in [-0.1, -0.05) is 6.92 Å². The van der Waals surface area contributed by atoms with Gasteiger partial charge in [0, 0.05) is 6.04 Å². The summed E-state index contributed by atoms with van der Waals surface area (Å²) in [4.78, 5) is 1.56. The van der Waals surface area contributed by atoms with Gasteiger partial charge in [-0.25, -0.2) is 0 Å². The van der Waals surface area contributed by atoms with Gasteiger partial charge in [0.15, 0.2) is 0 Å². The maximum atomic E-state index is 12.2. The first-order valence-corrected chi connectivity index (χ1v) is 4.85. The van der Waals surface area contributed by atoms with Gasteiger partial charge in [0.1, 0.15) is 0 Å². The minimum absolute atomic E-state index is 0.0808. The molecule has 0 amide bonds. The van der Waals surface area contributed by atoms with Crippen molar-refractivity contribution in [2.75, 3.05) is 13.0 Å². The highest BCUT2D eigenvalue weighted by Gasteiger charge is 2.32. The summed E-state index contributed by atoms with van der Waals surface area (Å²) in [6.07, 6.45) is 1.27. The fourth-order valence-corrected chi connectivity index (χ4v) is 1.94. The van der Waals surface area contributed by atoms with Crippen LogP contribution < -0.4 is 0 Å². The number of hydrogen-bond donors (Lipinski definition) is 0. The summed E-state index contributed by atoms with van der Waals surface area (Å²) in [5.74, 6) is 0.395. The summed E-state index contributed by atoms with van der Waals surface area (Å²) in [7, 11) is 0. The Kier molecular flexibility index (Phi) is 3.27. The van der Waals surface area contributed by atoms with Crippen molar-refractivity contribution in [3.05, 3.63) is 0 Å². The van der Waals surface area contributed by atoms with Crippen LogP contribution in [0.25, 0.3) is 0 Å². The van der Waals surface area contributed by atoms with Gasteiger partial charge in [-0.15, -0.1) is 0 Å². The molecule has 1 aliphatic heterocycles. The van der Waals surface area contributed by atoms with Crippen LogP contribution in [0, 0.1) is 5.92 Å². The van der Waals surface area contributed by atoms with E-state index in [0.29, 0.717) is 12.5 Å². The Balaban J connectivity index is 2.49. The van der Waals surface area contributed by atoms with Gasteiger partial charge in [-0.2, -0.15) is 0 Å². The van der Waals surface area contributed by atoms with E-state index in [0.717, 1.165) is 12.8 Å². The van der Waals surface area contributed by atoms with E-state index in [-0.39, 0.29) is 6.04 Å². The molecule has 1 rings (SSSR count). The SMILES string of the molecule is CC1CCCN(C[B-](F)(F)F)C1C. The zero-order valence-corrected chi connectivity index (χ0v) is 8.14. The Morgan fingerprint density at radius 3 is 2.46 bits per heavy atom. The van der Waals surface area contributed by atoms with E-state index in [4.69, 9.17) is 0 Å². The van der Waals surface area contributed by atoms with Gasteiger partial charge in [0.2, 0.25) is 0 Å². The molecule has 0 radical (unpaired) electrons. The second-order valence-corrected chi connectivity index (χ2v) is 4.07. The lowest BCUT2D eigenvalue weighted by atomic mass is 9.85. The van der Waals surface area contributed by atoms with Crippen LogP contribution in [0.5, 0.6) is 0 Å². The molecule has 2 unspecified atom stereocenters. The molecule has 1 nitrogen and oxygen atoms in total. The van der Waals surface area contributed by atoms with Crippen molar-refractivity contribution >= 4 is 6.98 Å². The maximum absolute atomic E-state index is 12.2. The third-order valence-electron chi connectivity index (χ3n) is 2.95. The Morgan fingerprint density at radius 2 is 1.92 bits per heavy atom. The lowest BCUT2D eigenvalue weighted by Gasteiger charge is -2.40. The van der Waals surface area contributed by atoms with Gasteiger partial charge >= 0.3 is 6.98 Å². The average molecular weight is 194 g/mol. The molecule has 1 fully saturated rings. The summed E-state index contributed by atoms with van der Waals surface area (Å²) < 4.78 is 36.5. The number of rotatable bonds is 2. The largest absolute Gasteiger partial charge is 0.492 e.